The summed E-state index contributed by atoms with van der Waals surface area (Å²) in [6.45, 7) is 5.06. The van der Waals surface area contributed by atoms with Crippen LogP contribution in [0.5, 0.6) is 11.5 Å². The number of hydrogen-bond acceptors (Lipinski definition) is 4. The second kappa shape index (κ2) is 9.93. The van der Waals surface area contributed by atoms with Gasteiger partial charge in [-0.25, -0.2) is 0 Å². The average molecular weight is 398 g/mol. The molecule has 0 spiro atoms. The van der Waals surface area contributed by atoms with Gasteiger partial charge < -0.3 is 15.0 Å². The van der Waals surface area contributed by atoms with Crippen LogP contribution in [0.3, 0.4) is 0 Å². The van der Waals surface area contributed by atoms with Crippen LogP contribution in [0.1, 0.15) is 16.7 Å². The first-order valence-corrected chi connectivity index (χ1v) is 9.27. The van der Waals surface area contributed by atoms with E-state index in [4.69, 9.17) is 16.3 Å². The standard InChI is InChI=1S/C22H24ClN3O2/c1-15-11-20(12-16(2)21(15)23)28-19-7-5-17(6-8-19)13-18(14-24)22(27)25-9-10-26(3)4/h5-8,11-13H,9-10H2,1-4H3,(H,25,27)/b18-13+. The Morgan fingerprint density at radius 2 is 1.79 bits per heavy atom. The van der Waals surface area contributed by atoms with Gasteiger partial charge in [0.25, 0.3) is 5.91 Å². The quantitative estimate of drug-likeness (QED) is 0.557. The summed E-state index contributed by atoms with van der Waals surface area (Å²) in [6.07, 6.45) is 1.56. The number of benzene rings is 2. The number of rotatable bonds is 7. The van der Waals surface area contributed by atoms with Crippen molar-refractivity contribution in [3.05, 3.63) is 63.7 Å². The number of aryl methyl sites for hydroxylation is 2. The number of nitrogens with zero attached hydrogens (tertiary/aromatic N) is 2. The summed E-state index contributed by atoms with van der Waals surface area (Å²) in [5.41, 5.74) is 2.72. The minimum Gasteiger partial charge on any atom is -0.457 e. The molecule has 0 aliphatic rings. The van der Waals surface area contributed by atoms with Gasteiger partial charge >= 0.3 is 0 Å². The molecule has 0 atom stereocenters. The van der Waals surface area contributed by atoms with Crippen LogP contribution in [0.2, 0.25) is 5.02 Å². The van der Waals surface area contributed by atoms with Gasteiger partial charge in [0.15, 0.2) is 0 Å². The summed E-state index contributed by atoms with van der Waals surface area (Å²) in [6, 6.07) is 12.9. The number of ether oxygens (including phenoxy) is 1. The first kappa shape index (κ1) is 21.5. The monoisotopic (exact) mass is 397 g/mol. The minimum absolute atomic E-state index is 0.0661. The molecule has 2 rings (SSSR count). The van der Waals surface area contributed by atoms with Crippen LogP contribution in [0.15, 0.2) is 42.0 Å². The van der Waals surface area contributed by atoms with Gasteiger partial charge in [-0.05, 0) is 75.0 Å². The van der Waals surface area contributed by atoms with Crippen molar-refractivity contribution in [2.75, 3.05) is 27.2 Å². The highest BCUT2D eigenvalue weighted by molar-refractivity contribution is 6.32. The molecule has 6 heteroatoms. The van der Waals surface area contributed by atoms with Gasteiger partial charge in [-0.15, -0.1) is 0 Å². The summed E-state index contributed by atoms with van der Waals surface area (Å²) in [5, 5.41) is 12.7. The largest absolute Gasteiger partial charge is 0.457 e. The maximum Gasteiger partial charge on any atom is 0.261 e. The number of likely N-dealkylation sites (N-methyl/N-ethyl adjacent to an activating group) is 1. The smallest absolute Gasteiger partial charge is 0.261 e. The Labute approximate surface area is 171 Å². The van der Waals surface area contributed by atoms with Gasteiger partial charge in [0.05, 0.1) is 0 Å². The van der Waals surface area contributed by atoms with Crippen LogP contribution in [0.25, 0.3) is 6.08 Å². The molecular formula is C22H24ClN3O2. The number of carbonyl (C=O) groups excluding carboxylic acids is 1. The van der Waals surface area contributed by atoms with Crippen molar-refractivity contribution in [3.63, 3.8) is 0 Å². The maximum atomic E-state index is 12.1. The molecule has 28 heavy (non-hydrogen) atoms. The zero-order valence-corrected chi connectivity index (χ0v) is 17.3. The molecule has 0 aliphatic heterocycles. The van der Waals surface area contributed by atoms with E-state index in [2.05, 4.69) is 5.32 Å². The fourth-order valence-electron chi connectivity index (χ4n) is 2.54. The number of nitriles is 1. The van der Waals surface area contributed by atoms with E-state index in [9.17, 15) is 10.1 Å². The minimum atomic E-state index is -0.378. The van der Waals surface area contributed by atoms with Crippen molar-refractivity contribution in [1.29, 1.82) is 5.26 Å². The zero-order valence-electron chi connectivity index (χ0n) is 16.5. The Morgan fingerprint density at radius 3 is 2.32 bits per heavy atom. The van der Waals surface area contributed by atoms with E-state index in [1.54, 1.807) is 30.3 Å². The van der Waals surface area contributed by atoms with Gasteiger partial charge in [0.1, 0.15) is 23.1 Å². The van der Waals surface area contributed by atoms with E-state index in [0.29, 0.717) is 24.6 Å². The lowest BCUT2D eigenvalue weighted by Gasteiger charge is -2.10. The highest BCUT2D eigenvalue weighted by atomic mass is 35.5. The lowest BCUT2D eigenvalue weighted by Crippen LogP contribution is -2.31. The Morgan fingerprint density at radius 1 is 1.18 bits per heavy atom. The van der Waals surface area contributed by atoms with Crippen molar-refractivity contribution in [1.82, 2.24) is 10.2 Å². The molecule has 2 aromatic rings. The predicted octanol–water partition coefficient (Wildman–Crippen LogP) is 4.33. The summed E-state index contributed by atoms with van der Waals surface area (Å²) in [5.74, 6) is 0.990. The van der Waals surface area contributed by atoms with E-state index in [1.165, 1.54) is 0 Å². The topological polar surface area (TPSA) is 65.4 Å². The van der Waals surface area contributed by atoms with E-state index in [0.717, 1.165) is 21.7 Å². The van der Waals surface area contributed by atoms with Crippen molar-refractivity contribution < 1.29 is 9.53 Å². The van der Waals surface area contributed by atoms with E-state index in [-0.39, 0.29) is 11.5 Å². The first-order chi connectivity index (χ1) is 13.3. The Bertz CT molecular complexity index is 889. The van der Waals surface area contributed by atoms with Crippen molar-refractivity contribution in [2.45, 2.75) is 13.8 Å². The number of carbonyl (C=O) groups is 1. The van der Waals surface area contributed by atoms with Crippen LogP contribution in [0, 0.1) is 25.2 Å². The number of halogens is 1. The van der Waals surface area contributed by atoms with E-state index < -0.39 is 0 Å². The molecule has 0 saturated carbocycles. The molecule has 0 heterocycles. The normalized spacial score (nSPS) is 11.2. The van der Waals surface area contributed by atoms with Crippen LogP contribution >= 0.6 is 11.6 Å². The number of hydrogen-bond donors (Lipinski definition) is 1. The molecule has 1 amide bonds. The summed E-state index contributed by atoms with van der Waals surface area (Å²) >= 11 is 6.18. The van der Waals surface area contributed by atoms with Gasteiger partial charge in [-0.3, -0.25) is 4.79 Å². The lowest BCUT2D eigenvalue weighted by atomic mass is 10.1. The lowest BCUT2D eigenvalue weighted by molar-refractivity contribution is -0.117. The second-order valence-corrected chi connectivity index (χ2v) is 7.15. The fourth-order valence-corrected chi connectivity index (χ4v) is 2.65. The summed E-state index contributed by atoms with van der Waals surface area (Å²) in [4.78, 5) is 14.1. The maximum absolute atomic E-state index is 12.1. The van der Waals surface area contributed by atoms with Gasteiger partial charge in [-0.2, -0.15) is 5.26 Å². The average Bonchev–Trinajstić information content (AvgIpc) is 2.65. The Kier molecular flexibility index (Phi) is 7.62. The molecule has 0 radical (unpaired) electrons. The molecule has 0 fully saturated rings. The Balaban J connectivity index is 2.07. The predicted molar refractivity (Wildman–Crippen MR) is 113 cm³/mol. The van der Waals surface area contributed by atoms with Crippen LogP contribution in [-0.4, -0.2) is 38.0 Å². The molecule has 0 aliphatic carbocycles. The SMILES string of the molecule is Cc1cc(Oc2ccc(/C=C(\C#N)C(=O)NCCN(C)C)cc2)cc(C)c1Cl. The molecule has 0 bridgehead atoms. The fraction of sp³-hybridized carbons (Fsp3) is 0.273. The molecule has 146 valence electrons. The van der Waals surface area contributed by atoms with E-state index in [1.807, 2.05) is 51.0 Å². The van der Waals surface area contributed by atoms with Gasteiger partial charge in [0.2, 0.25) is 0 Å². The van der Waals surface area contributed by atoms with Crippen molar-refractivity contribution >= 4 is 23.6 Å². The Hall–Kier alpha value is -2.81. The van der Waals surface area contributed by atoms with Crippen LogP contribution in [0.4, 0.5) is 0 Å². The van der Waals surface area contributed by atoms with Crippen molar-refractivity contribution in [2.24, 2.45) is 0 Å². The highest BCUT2D eigenvalue weighted by Crippen LogP contribution is 2.29. The molecule has 1 N–H and O–H groups in total. The third-order valence-electron chi connectivity index (χ3n) is 4.05. The first-order valence-electron chi connectivity index (χ1n) is 8.89. The van der Waals surface area contributed by atoms with E-state index >= 15 is 0 Å². The second-order valence-electron chi connectivity index (χ2n) is 6.77. The van der Waals surface area contributed by atoms with Crippen LogP contribution in [-0.2, 0) is 4.79 Å². The number of amides is 1. The third kappa shape index (κ3) is 6.12. The zero-order chi connectivity index (χ0) is 20.7. The molecule has 0 unspecified atom stereocenters. The molecular weight excluding hydrogens is 374 g/mol. The van der Waals surface area contributed by atoms with Crippen molar-refractivity contribution in [3.8, 4) is 17.6 Å². The highest BCUT2D eigenvalue weighted by Gasteiger charge is 2.09. The third-order valence-corrected chi connectivity index (χ3v) is 4.64. The number of nitrogens with one attached hydrogen (secondary N) is 1. The van der Waals surface area contributed by atoms with Gasteiger partial charge in [-0.1, -0.05) is 23.7 Å². The molecule has 0 aromatic heterocycles. The summed E-state index contributed by atoms with van der Waals surface area (Å²) < 4.78 is 5.88. The molecule has 0 saturated heterocycles. The molecule has 5 nitrogen and oxygen atoms in total. The van der Waals surface area contributed by atoms with Gasteiger partial charge in [0, 0.05) is 18.1 Å². The summed E-state index contributed by atoms with van der Waals surface area (Å²) in [7, 11) is 3.84. The molecule has 2 aromatic carbocycles. The van der Waals surface area contributed by atoms with Crippen LogP contribution < -0.4 is 10.1 Å².